The quantitative estimate of drug-likeness (QED) is 0.160. The van der Waals surface area contributed by atoms with Gasteiger partial charge < -0.3 is 4.74 Å². The fraction of sp³-hybridized carbons (Fsp3) is 0.958. The van der Waals surface area contributed by atoms with Crippen LogP contribution in [0.1, 0.15) is 136 Å². The van der Waals surface area contributed by atoms with Crippen LogP contribution in [0.25, 0.3) is 0 Å². The third-order valence-corrected chi connectivity index (χ3v) is 5.46. The van der Waals surface area contributed by atoms with Gasteiger partial charge in [0.1, 0.15) is 0 Å². The number of unbranched alkanes of at least 4 members (excludes halogenated alkanes) is 11. The molecule has 2 heteroatoms. The van der Waals surface area contributed by atoms with Crippen molar-refractivity contribution in [2.24, 2.45) is 5.92 Å². The number of hydrogen-bond donors (Lipinski definition) is 0. The van der Waals surface area contributed by atoms with Crippen LogP contribution in [0.2, 0.25) is 0 Å². The highest BCUT2D eigenvalue weighted by Gasteiger charge is 2.10. The molecule has 26 heavy (non-hydrogen) atoms. The van der Waals surface area contributed by atoms with Crippen LogP contribution >= 0.6 is 0 Å². The Morgan fingerprint density at radius 1 is 0.615 bits per heavy atom. The Kier molecular flexibility index (Phi) is 20.4. The van der Waals surface area contributed by atoms with Crippen molar-refractivity contribution in [1.29, 1.82) is 0 Å². The van der Waals surface area contributed by atoms with E-state index in [0.29, 0.717) is 13.0 Å². The average Bonchev–Trinajstić information content (AvgIpc) is 2.64. The summed E-state index contributed by atoms with van der Waals surface area (Å²) in [5.74, 6) is 0.779. The largest absolute Gasteiger partial charge is 0.466 e. The van der Waals surface area contributed by atoms with Crippen molar-refractivity contribution in [3.05, 3.63) is 0 Å². The minimum Gasteiger partial charge on any atom is -0.466 e. The van der Waals surface area contributed by atoms with Crippen molar-refractivity contribution >= 4 is 5.97 Å². The molecule has 0 amide bonds. The summed E-state index contributed by atoms with van der Waals surface area (Å²) in [6.07, 6.45) is 22.4. The summed E-state index contributed by atoms with van der Waals surface area (Å²) in [5, 5.41) is 0. The van der Waals surface area contributed by atoms with Gasteiger partial charge in [-0.1, -0.05) is 117 Å². The van der Waals surface area contributed by atoms with Gasteiger partial charge in [-0.3, -0.25) is 4.79 Å². The lowest BCUT2D eigenvalue weighted by atomic mass is 9.92. The zero-order valence-electron chi connectivity index (χ0n) is 18.3. The summed E-state index contributed by atoms with van der Waals surface area (Å²) in [6.45, 7) is 7.41. The summed E-state index contributed by atoms with van der Waals surface area (Å²) < 4.78 is 5.52. The molecule has 0 bridgehead atoms. The fourth-order valence-corrected chi connectivity index (χ4v) is 3.61. The predicted molar refractivity (Wildman–Crippen MR) is 115 cm³/mol. The molecule has 0 aromatic carbocycles. The maximum Gasteiger partial charge on any atom is 0.305 e. The molecular weight excluding hydrogens is 320 g/mol. The Balaban J connectivity index is 3.80. The van der Waals surface area contributed by atoms with Crippen LogP contribution in [-0.4, -0.2) is 12.6 Å². The second kappa shape index (κ2) is 20.8. The molecule has 0 heterocycles. The lowest BCUT2D eigenvalue weighted by Gasteiger charge is -2.17. The Labute approximate surface area is 164 Å². The average molecular weight is 369 g/mol. The molecule has 0 radical (unpaired) electrons. The van der Waals surface area contributed by atoms with Gasteiger partial charge in [0.05, 0.1) is 6.61 Å². The number of esters is 1. The number of carbonyl (C=O) groups is 1. The highest BCUT2D eigenvalue weighted by molar-refractivity contribution is 5.69. The fourth-order valence-electron chi connectivity index (χ4n) is 3.61. The van der Waals surface area contributed by atoms with Gasteiger partial charge in [-0.05, 0) is 18.8 Å². The van der Waals surface area contributed by atoms with Crippen molar-refractivity contribution in [1.82, 2.24) is 0 Å². The van der Waals surface area contributed by atoms with E-state index in [1.807, 2.05) is 0 Å². The maximum absolute atomic E-state index is 11.9. The van der Waals surface area contributed by atoms with Crippen LogP contribution in [0.15, 0.2) is 0 Å². The Morgan fingerprint density at radius 2 is 1.08 bits per heavy atom. The summed E-state index contributed by atoms with van der Waals surface area (Å²) in [5.41, 5.74) is 0. The molecule has 0 saturated heterocycles. The van der Waals surface area contributed by atoms with Gasteiger partial charge in [-0.25, -0.2) is 0 Å². The highest BCUT2D eigenvalue weighted by Crippen LogP contribution is 2.21. The molecule has 2 nitrogen and oxygen atoms in total. The number of hydrogen-bond acceptors (Lipinski definition) is 2. The Hall–Kier alpha value is -0.530. The van der Waals surface area contributed by atoms with Crippen molar-refractivity contribution < 1.29 is 9.53 Å². The molecule has 0 aliphatic heterocycles. The first kappa shape index (κ1) is 25.5. The molecule has 156 valence electrons. The van der Waals surface area contributed by atoms with Gasteiger partial charge in [0.2, 0.25) is 0 Å². The zero-order valence-corrected chi connectivity index (χ0v) is 18.3. The van der Waals surface area contributed by atoms with Gasteiger partial charge in [0.15, 0.2) is 0 Å². The molecule has 0 N–H and O–H groups in total. The molecule has 0 unspecified atom stereocenters. The standard InChI is InChI=1S/C24H48O2/c1-4-7-10-13-14-17-20-24(25)26-22-21-23(18-15-11-8-5-2)19-16-12-9-6-3/h23H,4-22H2,1-3H3. The van der Waals surface area contributed by atoms with Gasteiger partial charge in [-0.15, -0.1) is 0 Å². The number of carbonyl (C=O) groups excluding carboxylic acids is 1. The van der Waals surface area contributed by atoms with Crippen molar-refractivity contribution in [2.75, 3.05) is 6.61 Å². The van der Waals surface area contributed by atoms with Crippen molar-refractivity contribution in [2.45, 2.75) is 136 Å². The second-order valence-corrected chi connectivity index (χ2v) is 8.09. The minimum absolute atomic E-state index is 0.0243. The molecule has 0 aromatic rings. The van der Waals surface area contributed by atoms with E-state index < -0.39 is 0 Å². The van der Waals surface area contributed by atoms with E-state index in [0.717, 1.165) is 18.8 Å². The van der Waals surface area contributed by atoms with E-state index in [1.165, 1.54) is 96.3 Å². The minimum atomic E-state index is 0.0243. The van der Waals surface area contributed by atoms with E-state index in [1.54, 1.807) is 0 Å². The molecule has 0 atom stereocenters. The molecule has 0 aliphatic carbocycles. The number of rotatable bonds is 20. The van der Waals surface area contributed by atoms with E-state index in [2.05, 4.69) is 20.8 Å². The predicted octanol–water partition coefficient (Wildman–Crippen LogP) is 8.23. The van der Waals surface area contributed by atoms with Gasteiger partial charge >= 0.3 is 5.97 Å². The molecule has 0 rings (SSSR count). The van der Waals surface area contributed by atoms with E-state index in [-0.39, 0.29) is 5.97 Å². The first-order chi connectivity index (χ1) is 12.7. The molecular formula is C24H48O2. The van der Waals surface area contributed by atoms with E-state index in [9.17, 15) is 4.79 Å². The Morgan fingerprint density at radius 3 is 1.62 bits per heavy atom. The van der Waals surface area contributed by atoms with Crippen LogP contribution in [0.5, 0.6) is 0 Å². The van der Waals surface area contributed by atoms with Crippen molar-refractivity contribution in [3.8, 4) is 0 Å². The second-order valence-electron chi connectivity index (χ2n) is 8.09. The van der Waals surface area contributed by atoms with Crippen LogP contribution < -0.4 is 0 Å². The topological polar surface area (TPSA) is 26.3 Å². The van der Waals surface area contributed by atoms with Crippen LogP contribution in [0, 0.1) is 5.92 Å². The Bertz CT molecular complexity index is 276. The molecule has 0 spiro atoms. The van der Waals surface area contributed by atoms with Crippen molar-refractivity contribution in [3.63, 3.8) is 0 Å². The molecule has 0 fully saturated rings. The van der Waals surface area contributed by atoms with E-state index >= 15 is 0 Å². The number of ether oxygens (including phenoxy) is 1. The summed E-state index contributed by atoms with van der Waals surface area (Å²) >= 11 is 0. The zero-order chi connectivity index (χ0) is 19.3. The van der Waals surface area contributed by atoms with Crippen LogP contribution in [0.4, 0.5) is 0 Å². The molecule has 0 aromatic heterocycles. The van der Waals surface area contributed by atoms with Gasteiger partial charge in [-0.2, -0.15) is 0 Å². The van der Waals surface area contributed by atoms with Crippen LogP contribution in [0.3, 0.4) is 0 Å². The van der Waals surface area contributed by atoms with Crippen LogP contribution in [-0.2, 0) is 9.53 Å². The van der Waals surface area contributed by atoms with Gasteiger partial charge in [0.25, 0.3) is 0 Å². The maximum atomic E-state index is 11.9. The summed E-state index contributed by atoms with van der Waals surface area (Å²) in [6, 6.07) is 0. The third kappa shape index (κ3) is 18.3. The summed E-state index contributed by atoms with van der Waals surface area (Å²) in [4.78, 5) is 11.9. The summed E-state index contributed by atoms with van der Waals surface area (Å²) in [7, 11) is 0. The van der Waals surface area contributed by atoms with E-state index in [4.69, 9.17) is 4.74 Å². The lowest BCUT2D eigenvalue weighted by Crippen LogP contribution is -2.10. The SMILES string of the molecule is CCCCCCCCC(=O)OCCC(CCCCCC)CCCCCC. The lowest BCUT2D eigenvalue weighted by molar-refractivity contribution is -0.144. The monoisotopic (exact) mass is 368 g/mol. The molecule has 0 aliphatic rings. The smallest absolute Gasteiger partial charge is 0.305 e. The third-order valence-electron chi connectivity index (χ3n) is 5.46. The van der Waals surface area contributed by atoms with Gasteiger partial charge in [0, 0.05) is 6.42 Å². The first-order valence-corrected chi connectivity index (χ1v) is 11.9. The molecule has 0 saturated carbocycles. The normalized spacial score (nSPS) is 11.2. The highest BCUT2D eigenvalue weighted by atomic mass is 16.5. The first-order valence-electron chi connectivity index (χ1n) is 11.9.